The number of rotatable bonds is 6. The number of nitrogens with zero attached hydrogens (tertiary/aromatic N) is 1. The summed E-state index contributed by atoms with van der Waals surface area (Å²) in [6, 6.07) is 3.90. The van der Waals surface area contributed by atoms with Crippen LogP contribution in [0.3, 0.4) is 0 Å². The van der Waals surface area contributed by atoms with Gasteiger partial charge in [-0.15, -0.1) is 0 Å². The first-order valence-corrected chi connectivity index (χ1v) is 5.24. The van der Waals surface area contributed by atoms with Crippen LogP contribution in [-0.2, 0) is 0 Å². The Balaban J connectivity index is 2.43. The molecule has 0 fully saturated rings. The molecule has 4 heteroatoms. The first-order chi connectivity index (χ1) is 7.26. The summed E-state index contributed by atoms with van der Waals surface area (Å²) in [5, 5.41) is 15.1. The van der Waals surface area contributed by atoms with Gasteiger partial charge in [-0.2, -0.15) is 0 Å². The minimum absolute atomic E-state index is 0.251. The summed E-state index contributed by atoms with van der Waals surface area (Å²) < 4.78 is 0. The molecule has 0 aliphatic carbocycles. The van der Waals surface area contributed by atoms with Crippen LogP contribution in [0.15, 0.2) is 18.3 Å². The lowest BCUT2D eigenvalue weighted by Gasteiger charge is -2.12. The van der Waals surface area contributed by atoms with Crippen molar-refractivity contribution in [3.05, 3.63) is 18.3 Å². The van der Waals surface area contributed by atoms with E-state index in [1.807, 2.05) is 19.2 Å². The number of nitrogens with one attached hydrogen (secondary N) is 2. The summed E-state index contributed by atoms with van der Waals surface area (Å²) in [5.74, 6) is 1.33. The highest BCUT2D eigenvalue weighted by atomic mass is 16.3. The van der Waals surface area contributed by atoms with E-state index in [0.717, 1.165) is 24.5 Å². The highest BCUT2D eigenvalue weighted by Gasteiger charge is 2.01. The van der Waals surface area contributed by atoms with Gasteiger partial charge in [-0.25, -0.2) is 4.98 Å². The lowest BCUT2D eigenvalue weighted by atomic mass is 10.1. The second-order valence-corrected chi connectivity index (χ2v) is 3.68. The van der Waals surface area contributed by atoms with E-state index >= 15 is 0 Å². The van der Waals surface area contributed by atoms with Gasteiger partial charge in [-0.3, -0.25) is 0 Å². The Labute approximate surface area is 90.7 Å². The second-order valence-electron chi connectivity index (χ2n) is 3.68. The molecule has 3 N–H and O–H groups in total. The summed E-state index contributed by atoms with van der Waals surface area (Å²) in [6.07, 6.45) is 2.60. The highest BCUT2D eigenvalue weighted by Crippen LogP contribution is 2.12. The van der Waals surface area contributed by atoms with E-state index < -0.39 is 0 Å². The number of pyridine rings is 1. The maximum Gasteiger partial charge on any atom is 0.127 e. The van der Waals surface area contributed by atoms with Gasteiger partial charge in [0.05, 0.1) is 0 Å². The van der Waals surface area contributed by atoms with Crippen molar-refractivity contribution in [3.8, 4) is 0 Å². The van der Waals surface area contributed by atoms with Crippen molar-refractivity contribution >= 4 is 11.5 Å². The average molecular weight is 209 g/mol. The molecule has 1 rings (SSSR count). The first kappa shape index (κ1) is 11.8. The van der Waals surface area contributed by atoms with Crippen LogP contribution in [0.4, 0.5) is 11.5 Å². The van der Waals surface area contributed by atoms with E-state index in [9.17, 15) is 0 Å². The van der Waals surface area contributed by atoms with Crippen LogP contribution in [0, 0.1) is 5.92 Å². The van der Waals surface area contributed by atoms with E-state index in [4.69, 9.17) is 5.11 Å². The predicted octanol–water partition coefficient (Wildman–Crippen LogP) is 1.55. The monoisotopic (exact) mass is 209 g/mol. The Morgan fingerprint density at radius 2 is 2.33 bits per heavy atom. The summed E-state index contributed by atoms with van der Waals surface area (Å²) in [4.78, 5) is 4.13. The van der Waals surface area contributed by atoms with Crippen LogP contribution >= 0.6 is 0 Å². The maximum absolute atomic E-state index is 8.77. The van der Waals surface area contributed by atoms with E-state index in [1.165, 1.54) is 0 Å². The fourth-order valence-electron chi connectivity index (χ4n) is 1.29. The number of hydrogen-bond donors (Lipinski definition) is 3. The Hall–Kier alpha value is -1.29. The molecular weight excluding hydrogens is 190 g/mol. The van der Waals surface area contributed by atoms with Gasteiger partial charge in [-0.05, 0) is 18.4 Å². The van der Waals surface area contributed by atoms with Gasteiger partial charge in [0.2, 0.25) is 0 Å². The number of aliphatic hydroxyl groups excluding tert-OH is 1. The molecule has 0 saturated carbocycles. The lowest BCUT2D eigenvalue weighted by Crippen LogP contribution is -2.12. The van der Waals surface area contributed by atoms with Crippen molar-refractivity contribution in [1.82, 2.24) is 4.98 Å². The third kappa shape index (κ3) is 4.16. The van der Waals surface area contributed by atoms with Crippen molar-refractivity contribution in [1.29, 1.82) is 0 Å². The standard InChI is InChI=1S/C11H19N3O/c1-9(4-6-15)8-14-10-3-5-13-11(7-10)12-2/h3,5,7,9,15H,4,6,8H2,1-2H3,(H2,12,13,14). The van der Waals surface area contributed by atoms with Gasteiger partial charge in [0.1, 0.15) is 5.82 Å². The van der Waals surface area contributed by atoms with Crippen molar-refractivity contribution in [2.45, 2.75) is 13.3 Å². The molecule has 0 bridgehead atoms. The zero-order valence-electron chi connectivity index (χ0n) is 9.33. The Bertz CT molecular complexity index is 291. The van der Waals surface area contributed by atoms with Gasteiger partial charge in [0, 0.05) is 38.1 Å². The molecule has 84 valence electrons. The Kier molecular flexibility index (Phi) is 4.90. The van der Waals surface area contributed by atoms with E-state index in [-0.39, 0.29) is 6.61 Å². The molecule has 1 heterocycles. The average Bonchev–Trinajstić information content (AvgIpc) is 2.27. The molecule has 0 spiro atoms. The number of anilines is 2. The fourth-order valence-corrected chi connectivity index (χ4v) is 1.29. The van der Waals surface area contributed by atoms with Crippen LogP contribution in [0.25, 0.3) is 0 Å². The molecule has 0 amide bonds. The largest absolute Gasteiger partial charge is 0.396 e. The summed E-state index contributed by atoms with van der Waals surface area (Å²) in [7, 11) is 1.85. The number of hydrogen-bond acceptors (Lipinski definition) is 4. The molecule has 1 atom stereocenters. The molecule has 0 aromatic carbocycles. The van der Waals surface area contributed by atoms with Crippen molar-refractivity contribution in [2.24, 2.45) is 5.92 Å². The molecule has 1 aromatic rings. The predicted molar refractivity (Wildman–Crippen MR) is 63.1 cm³/mol. The van der Waals surface area contributed by atoms with Crippen LogP contribution in [0.5, 0.6) is 0 Å². The summed E-state index contributed by atoms with van der Waals surface area (Å²) >= 11 is 0. The number of aromatic nitrogens is 1. The second kappa shape index (κ2) is 6.24. The number of aliphatic hydroxyl groups is 1. The van der Waals surface area contributed by atoms with E-state index in [1.54, 1.807) is 6.20 Å². The van der Waals surface area contributed by atoms with Crippen LogP contribution in [0.1, 0.15) is 13.3 Å². The molecule has 4 nitrogen and oxygen atoms in total. The molecule has 0 aliphatic rings. The minimum Gasteiger partial charge on any atom is -0.396 e. The lowest BCUT2D eigenvalue weighted by molar-refractivity contribution is 0.266. The first-order valence-electron chi connectivity index (χ1n) is 5.24. The van der Waals surface area contributed by atoms with E-state index in [0.29, 0.717) is 5.92 Å². The molecule has 0 saturated heterocycles. The van der Waals surface area contributed by atoms with Crippen LogP contribution in [-0.4, -0.2) is 30.3 Å². The van der Waals surface area contributed by atoms with Gasteiger partial charge < -0.3 is 15.7 Å². The highest BCUT2D eigenvalue weighted by molar-refractivity contribution is 5.51. The zero-order valence-corrected chi connectivity index (χ0v) is 9.33. The van der Waals surface area contributed by atoms with Crippen LogP contribution < -0.4 is 10.6 Å². The summed E-state index contributed by atoms with van der Waals surface area (Å²) in [6.45, 7) is 3.23. The normalized spacial score (nSPS) is 12.2. The molecule has 15 heavy (non-hydrogen) atoms. The summed E-state index contributed by atoms with van der Waals surface area (Å²) in [5.41, 5.74) is 1.05. The molecule has 1 aromatic heterocycles. The van der Waals surface area contributed by atoms with Crippen molar-refractivity contribution in [2.75, 3.05) is 30.8 Å². The third-order valence-corrected chi connectivity index (χ3v) is 2.29. The Morgan fingerprint density at radius 3 is 3.00 bits per heavy atom. The van der Waals surface area contributed by atoms with Gasteiger partial charge in [0.25, 0.3) is 0 Å². The van der Waals surface area contributed by atoms with Crippen LogP contribution in [0.2, 0.25) is 0 Å². The van der Waals surface area contributed by atoms with Gasteiger partial charge >= 0.3 is 0 Å². The van der Waals surface area contributed by atoms with Crippen molar-refractivity contribution in [3.63, 3.8) is 0 Å². The van der Waals surface area contributed by atoms with E-state index in [2.05, 4.69) is 22.5 Å². The topological polar surface area (TPSA) is 57.2 Å². The van der Waals surface area contributed by atoms with Crippen molar-refractivity contribution < 1.29 is 5.11 Å². The SMILES string of the molecule is CNc1cc(NCC(C)CCO)ccn1. The van der Waals surface area contributed by atoms with Gasteiger partial charge in [-0.1, -0.05) is 6.92 Å². The zero-order chi connectivity index (χ0) is 11.1. The smallest absolute Gasteiger partial charge is 0.127 e. The third-order valence-electron chi connectivity index (χ3n) is 2.29. The quantitative estimate of drug-likeness (QED) is 0.665. The maximum atomic E-state index is 8.77. The fraction of sp³-hybridized carbons (Fsp3) is 0.545. The molecule has 1 unspecified atom stereocenters. The minimum atomic E-state index is 0.251. The molecule has 0 radical (unpaired) electrons. The molecular formula is C11H19N3O. The Morgan fingerprint density at radius 1 is 1.53 bits per heavy atom. The van der Waals surface area contributed by atoms with Gasteiger partial charge in [0.15, 0.2) is 0 Å². The molecule has 0 aliphatic heterocycles.